The number of piperidine rings is 1. The second kappa shape index (κ2) is 7.00. The van der Waals surface area contributed by atoms with Gasteiger partial charge < -0.3 is 5.11 Å². The quantitative estimate of drug-likeness (QED) is 0.664. The van der Waals surface area contributed by atoms with Crippen molar-refractivity contribution in [3.8, 4) is 5.88 Å². The summed E-state index contributed by atoms with van der Waals surface area (Å²) in [6.45, 7) is 6.03. The molecule has 0 aliphatic carbocycles. The number of likely N-dealkylation sites (tertiary alicyclic amines) is 1. The van der Waals surface area contributed by atoms with Crippen LogP contribution in [0.5, 0.6) is 5.88 Å². The molecule has 26 heavy (non-hydrogen) atoms. The monoisotopic (exact) mass is 410 g/mol. The number of aromatic hydroxyl groups is 1. The molecule has 8 heteroatoms. The van der Waals surface area contributed by atoms with E-state index in [2.05, 4.69) is 21.9 Å². The van der Waals surface area contributed by atoms with Gasteiger partial charge in [0.15, 0.2) is 0 Å². The van der Waals surface area contributed by atoms with Crippen LogP contribution in [-0.4, -0.2) is 37.7 Å². The van der Waals surface area contributed by atoms with Crippen molar-refractivity contribution in [2.75, 3.05) is 13.1 Å². The molecule has 4 rings (SSSR count). The number of hydrogen-bond donors (Lipinski definition) is 1. The van der Waals surface area contributed by atoms with Crippen LogP contribution in [0, 0.1) is 12.8 Å². The Hall–Kier alpha value is -1.34. The van der Waals surface area contributed by atoms with Crippen LogP contribution in [0.25, 0.3) is 4.96 Å². The third kappa shape index (κ3) is 3.20. The van der Waals surface area contributed by atoms with Gasteiger partial charge >= 0.3 is 0 Å². The molecule has 0 radical (unpaired) electrons. The topological polar surface area (TPSA) is 53.7 Å². The van der Waals surface area contributed by atoms with Crippen molar-refractivity contribution in [2.24, 2.45) is 5.92 Å². The molecule has 0 saturated carbocycles. The van der Waals surface area contributed by atoms with Crippen LogP contribution in [-0.2, 0) is 0 Å². The van der Waals surface area contributed by atoms with Gasteiger partial charge in [-0.1, -0.05) is 47.5 Å². The molecular weight excluding hydrogens is 391 g/mol. The fourth-order valence-corrected chi connectivity index (χ4v) is 5.17. The second-order valence-corrected chi connectivity index (χ2v) is 8.79. The highest BCUT2D eigenvalue weighted by molar-refractivity contribution is 7.17. The first-order valence-electron chi connectivity index (χ1n) is 8.68. The lowest BCUT2D eigenvalue weighted by Crippen LogP contribution is -2.37. The standard InChI is InChI=1S/C18H20Cl2N4OS/c1-10-4-3-7-23(9-10)15(12-5-6-13(19)14(20)8-12)16-17(25)24-18(26-16)21-11(2)22-24/h5-6,8,10,15,25H,3-4,7,9H2,1-2H3. The molecule has 3 aromatic rings. The number of nitrogens with zero attached hydrogens (tertiary/aromatic N) is 4. The zero-order valence-electron chi connectivity index (χ0n) is 14.6. The Morgan fingerprint density at radius 3 is 2.81 bits per heavy atom. The molecule has 1 N–H and O–H groups in total. The van der Waals surface area contributed by atoms with Crippen LogP contribution < -0.4 is 0 Å². The van der Waals surface area contributed by atoms with Crippen LogP contribution in [0.15, 0.2) is 18.2 Å². The van der Waals surface area contributed by atoms with E-state index in [0.29, 0.717) is 26.7 Å². The summed E-state index contributed by atoms with van der Waals surface area (Å²) in [7, 11) is 0. The highest BCUT2D eigenvalue weighted by atomic mass is 35.5. The maximum Gasteiger partial charge on any atom is 0.230 e. The SMILES string of the molecule is Cc1nc2sc(C(c3ccc(Cl)c(Cl)c3)N3CCCC(C)C3)c(O)n2n1. The summed E-state index contributed by atoms with van der Waals surface area (Å²) >= 11 is 13.9. The van der Waals surface area contributed by atoms with Gasteiger partial charge in [0.05, 0.1) is 21.0 Å². The van der Waals surface area contributed by atoms with Gasteiger partial charge in [0.1, 0.15) is 5.82 Å². The Morgan fingerprint density at radius 1 is 1.31 bits per heavy atom. The first-order chi connectivity index (χ1) is 12.4. The lowest BCUT2D eigenvalue weighted by Gasteiger charge is -2.37. The van der Waals surface area contributed by atoms with E-state index in [0.717, 1.165) is 30.0 Å². The Balaban J connectivity index is 1.84. The summed E-state index contributed by atoms with van der Waals surface area (Å²) in [5.41, 5.74) is 1.02. The number of aryl methyl sites for hydroxylation is 1. The van der Waals surface area contributed by atoms with Crippen molar-refractivity contribution in [1.29, 1.82) is 0 Å². The van der Waals surface area contributed by atoms with Crippen molar-refractivity contribution >= 4 is 39.5 Å². The summed E-state index contributed by atoms with van der Waals surface area (Å²) < 4.78 is 1.52. The van der Waals surface area contributed by atoms with Crippen LogP contribution >= 0.6 is 34.5 Å². The van der Waals surface area contributed by atoms with E-state index in [9.17, 15) is 5.11 Å². The van der Waals surface area contributed by atoms with Gasteiger partial charge in [-0.15, -0.1) is 5.10 Å². The molecule has 1 saturated heterocycles. The van der Waals surface area contributed by atoms with E-state index >= 15 is 0 Å². The highest BCUT2D eigenvalue weighted by Crippen LogP contribution is 2.42. The summed E-state index contributed by atoms with van der Waals surface area (Å²) in [5, 5.41) is 16.2. The summed E-state index contributed by atoms with van der Waals surface area (Å²) in [6, 6.07) is 5.60. The first kappa shape index (κ1) is 18.0. The van der Waals surface area contributed by atoms with Gasteiger partial charge in [0.25, 0.3) is 0 Å². The van der Waals surface area contributed by atoms with E-state index in [1.54, 1.807) is 0 Å². The molecule has 2 unspecified atom stereocenters. The molecule has 0 spiro atoms. The molecule has 0 bridgehead atoms. The minimum Gasteiger partial charge on any atom is -0.492 e. The average Bonchev–Trinajstić information content (AvgIpc) is 3.09. The molecule has 1 fully saturated rings. The molecule has 1 aliphatic heterocycles. The Labute approximate surface area is 166 Å². The number of halogens is 2. The van der Waals surface area contributed by atoms with Gasteiger partial charge in [-0.3, -0.25) is 4.90 Å². The molecular formula is C18H20Cl2N4OS. The van der Waals surface area contributed by atoms with E-state index in [4.69, 9.17) is 23.2 Å². The fourth-order valence-electron chi connectivity index (χ4n) is 3.70. The lowest BCUT2D eigenvalue weighted by atomic mass is 9.95. The van der Waals surface area contributed by atoms with Gasteiger partial charge in [-0.25, -0.2) is 4.98 Å². The Morgan fingerprint density at radius 2 is 2.12 bits per heavy atom. The van der Waals surface area contributed by atoms with E-state index in [1.165, 1.54) is 22.3 Å². The fraction of sp³-hybridized carbons (Fsp3) is 0.444. The molecule has 2 atom stereocenters. The van der Waals surface area contributed by atoms with Crippen LogP contribution in [0.3, 0.4) is 0 Å². The zero-order chi connectivity index (χ0) is 18.4. The van der Waals surface area contributed by atoms with Gasteiger partial charge in [-0.2, -0.15) is 4.52 Å². The number of benzene rings is 1. The van der Waals surface area contributed by atoms with Crippen molar-refractivity contribution in [2.45, 2.75) is 32.7 Å². The molecule has 5 nitrogen and oxygen atoms in total. The number of fused-ring (bicyclic) bond motifs is 1. The summed E-state index contributed by atoms with van der Waals surface area (Å²) in [4.78, 5) is 8.35. The van der Waals surface area contributed by atoms with Gasteiger partial charge in [0, 0.05) is 6.54 Å². The largest absolute Gasteiger partial charge is 0.492 e. The number of thiazole rings is 1. The molecule has 3 heterocycles. The minimum absolute atomic E-state index is 0.0960. The number of hydrogen-bond acceptors (Lipinski definition) is 5. The average molecular weight is 411 g/mol. The maximum absolute atomic E-state index is 10.8. The van der Waals surface area contributed by atoms with Gasteiger partial charge in [-0.05, 0) is 49.9 Å². The normalized spacial score (nSPS) is 19.9. The van der Waals surface area contributed by atoms with Crippen molar-refractivity contribution in [1.82, 2.24) is 19.5 Å². The Bertz CT molecular complexity index is 954. The van der Waals surface area contributed by atoms with Crippen LogP contribution in [0.2, 0.25) is 10.0 Å². The van der Waals surface area contributed by atoms with Crippen molar-refractivity contribution in [3.05, 3.63) is 44.5 Å². The van der Waals surface area contributed by atoms with Crippen LogP contribution in [0.1, 0.15) is 42.1 Å². The minimum atomic E-state index is -0.0960. The predicted octanol–water partition coefficient (Wildman–Crippen LogP) is 4.93. The van der Waals surface area contributed by atoms with Crippen LogP contribution in [0.4, 0.5) is 0 Å². The third-order valence-corrected chi connectivity index (χ3v) is 6.68. The molecule has 1 aliphatic rings. The second-order valence-electron chi connectivity index (χ2n) is 6.96. The predicted molar refractivity (Wildman–Crippen MR) is 106 cm³/mol. The third-order valence-electron chi connectivity index (χ3n) is 4.87. The van der Waals surface area contributed by atoms with Crippen molar-refractivity contribution in [3.63, 3.8) is 0 Å². The van der Waals surface area contributed by atoms with E-state index in [-0.39, 0.29) is 11.9 Å². The molecule has 0 amide bonds. The maximum atomic E-state index is 10.8. The first-order valence-corrected chi connectivity index (χ1v) is 10.3. The summed E-state index contributed by atoms with van der Waals surface area (Å²) in [5.74, 6) is 1.41. The summed E-state index contributed by atoms with van der Waals surface area (Å²) in [6.07, 6.45) is 2.37. The smallest absolute Gasteiger partial charge is 0.230 e. The molecule has 2 aromatic heterocycles. The van der Waals surface area contributed by atoms with E-state index in [1.807, 2.05) is 25.1 Å². The Kier molecular flexibility index (Phi) is 4.86. The zero-order valence-corrected chi connectivity index (χ0v) is 16.9. The number of rotatable bonds is 3. The molecule has 138 valence electrons. The lowest BCUT2D eigenvalue weighted by molar-refractivity contribution is 0.149. The van der Waals surface area contributed by atoms with Crippen molar-refractivity contribution < 1.29 is 5.11 Å². The van der Waals surface area contributed by atoms with Gasteiger partial charge in [0.2, 0.25) is 10.8 Å². The highest BCUT2D eigenvalue weighted by Gasteiger charge is 2.32. The van der Waals surface area contributed by atoms with E-state index < -0.39 is 0 Å². The molecule has 1 aromatic carbocycles. The number of aromatic nitrogens is 3.